The molecule has 1 unspecified atom stereocenters. The van der Waals surface area contributed by atoms with E-state index in [4.69, 9.17) is 9.47 Å². The van der Waals surface area contributed by atoms with Gasteiger partial charge in [-0.3, -0.25) is 0 Å². The van der Waals surface area contributed by atoms with Gasteiger partial charge in [0.05, 0.1) is 26.9 Å². The van der Waals surface area contributed by atoms with Crippen molar-refractivity contribution in [2.24, 2.45) is 4.99 Å². The molecule has 2 aromatic carbocycles. The Morgan fingerprint density at radius 1 is 1.14 bits per heavy atom. The van der Waals surface area contributed by atoms with Crippen molar-refractivity contribution in [1.29, 1.82) is 0 Å². The van der Waals surface area contributed by atoms with Gasteiger partial charge in [0, 0.05) is 24.2 Å². The highest BCUT2D eigenvalue weighted by molar-refractivity contribution is 14.0. The van der Waals surface area contributed by atoms with E-state index in [-0.39, 0.29) is 42.9 Å². The van der Waals surface area contributed by atoms with Crippen molar-refractivity contribution < 1.29 is 19.0 Å². The monoisotopic (exact) mass is 503 g/mol. The van der Waals surface area contributed by atoms with E-state index in [9.17, 15) is 9.50 Å². The summed E-state index contributed by atoms with van der Waals surface area (Å²) in [5.41, 5.74) is 1.11. The summed E-state index contributed by atoms with van der Waals surface area (Å²) in [5, 5.41) is 16.7. The minimum absolute atomic E-state index is 0. The Bertz CT molecular complexity index is 774. The first-order valence-electron chi connectivity index (χ1n) is 8.74. The van der Waals surface area contributed by atoms with E-state index in [1.807, 2.05) is 6.92 Å². The highest BCUT2D eigenvalue weighted by atomic mass is 127. The van der Waals surface area contributed by atoms with Crippen molar-refractivity contribution in [2.75, 3.05) is 27.3 Å². The topological polar surface area (TPSA) is 75.1 Å². The maximum absolute atomic E-state index is 13.7. The summed E-state index contributed by atoms with van der Waals surface area (Å²) in [6.07, 6.45) is -0.840. The number of methoxy groups -OCH3 is 2. The van der Waals surface area contributed by atoms with Gasteiger partial charge in [0.25, 0.3) is 0 Å². The quantitative estimate of drug-likeness (QED) is 0.293. The Hall–Kier alpha value is -2.07. The highest BCUT2D eigenvalue weighted by Gasteiger charge is 2.15. The zero-order valence-electron chi connectivity index (χ0n) is 16.2. The molecule has 2 rings (SSSR count). The van der Waals surface area contributed by atoms with Crippen LogP contribution in [-0.4, -0.2) is 38.4 Å². The molecule has 0 heterocycles. The normalized spacial score (nSPS) is 12.0. The average molecular weight is 503 g/mol. The molecule has 1 atom stereocenters. The third-order valence-electron chi connectivity index (χ3n) is 3.97. The van der Waals surface area contributed by atoms with E-state index in [0.717, 1.165) is 0 Å². The molecule has 0 aromatic heterocycles. The molecule has 0 saturated carbocycles. The first-order chi connectivity index (χ1) is 13.1. The summed E-state index contributed by atoms with van der Waals surface area (Å²) in [6.45, 7) is 2.97. The third kappa shape index (κ3) is 6.83. The number of aliphatic imine (C=N–C) groups is 1. The maximum atomic E-state index is 13.7. The van der Waals surface area contributed by atoms with Crippen LogP contribution in [0, 0.1) is 5.82 Å². The van der Waals surface area contributed by atoms with Gasteiger partial charge >= 0.3 is 0 Å². The number of halogens is 2. The van der Waals surface area contributed by atoms with Crippen LogP contribution in [0.5, 0.6) is 11.5 Å². The number of benzene rings is 2. The number of nitrogens with zero attached hydrogens (tertiary/aromatic N) is 1. The van der Waals surface area contributed by atoms with Crippen LogP contribution < -0.4 is 20.1 Å². The molecule has 0 aliphatic heterocycles. The lowest BCUT2D eigenvalue weighted by Gasteiger charge is -2.18. The lowest BCUT2D eigenvalue weighted by molar-refractivity contribution is 0.176. The predicted molar refractivity (Wildman–Crippen MR) is 119 cm³/mol. The van der Waals surface area contributed by atoms with Crippen molar-refractivity contribution in [3.8, 4) is 11.5 Å². The Morgan fingerprint density at radius 2 is 1.89 bits per heavy atom. The second kappa shape index (κ2) is 12.4. The molecule has 0 aliphatic rings. The fourth-order valence-electron chi connectivity index (χ4n) is 2.54. The summed E-state index contributed by atoms with van der Waals surface area (Å²) in [4.78, 5) is 4.37. The Labute approximate surface area is 182 Å². The molecular weight excluding hydrogens is 476 g/mol. The first kappa shape index (κ1) is 24.0. The van der Waals surface area contributed by atoms with E-state index < -0.39 is 6.10 Å². The largest absolute Gasteiger partial charge is 0.497 e. The SMILES string of the molecule is CCNC(=NCc1ccccc1F)NCC(O)c1cc(OC)ccc1OC.I. The van der Waals surface area contributed by atoms with Crippen molar-refractivity contribution >= 4 is 29.9 Å². The van der Waals surface area contributed by atoms with Crippen molar-refractivity contribution in [3.63, 3.8) is 0 Å². The van der Waals surface area contributed by atoms with Gasteiger partial charge in [-0.15, -0.1) is 24.0 Å². The predicted octanol–water partition coefficient (Wildman–Crippen LogP) is 3.25. The van der Waals surface area contributed by atoms with Crippen LogP contribution in [0.15, 0.2) is 47.5 Å². The molecule has 28 heavy (non-hydrogen) atoms. The van der Waals surface area contributed by atoms with Crippen LogP contribution >= 0.6 is 24.0 Å². The molecule has 2 aromatic rings. The van der Waals surface area contributed by atoms with Gasteiger partial charge in [-0.2, -0.15) is 0 Å². The number of aliphatic hydroxyl groups is 1. The molecule has 154 valence electrons. The molecule has 0 saturated heterocycles. The minimum Gasteiger partial charge on any atom is -0.497 e. The molecule has 8 heteroatoms. The molecule has 0 spiro atoms. The lowest BCUT2D eigenvalue weighted by atomic mass is 10.1. The van der Waals surface area contributed by atoms with Gasteiger partial charge in [0.1, 0.15) is 17.3 Å². The standard InChI is InChI=1S/C20H26FN3O3.HI/c1-4-22-20(23-12-14-7-5-6-8-17(14)21)24-13-18(25)16-11-15(26-2)9-10-19(16)27-3;/h5-11,18,25H,4,12-13H2,1-3H3,(H2,22,23,24);1H. The number of hydrogen-bond donors (Lipinski definition) is 3. The second-order valence-corrected chi connectivity index (χ2v) is 5.79. The molecule has 0 fully saturated rings. The highest BCUT2D eigenvalue weighted by Crippen LogP contribution is 2.29. The number of ether oxygens (including phenoxy) is 2. The van der Waals surface area contributed by atoms with Crippen molar-refractivity contribution in [2.45, 2.75) is 19.6 Å². The van der Waals surface area contributed by atoms with E-state index in [0.29, 0.717) is 35.1 Å². The van der Waals surface area contributed by atoms with Gasteiger partial charge in [0.15, 0.2) is 5.96 Å². The fourth-order valence-corrected chi connectivity index (χ4v) is 2.54. The summed E-state index contributed by atoms with van der Waals surface area (Å²) in [5.74, 6) is 1.39. The number of nitrogens with one attached hydrogen (secondary N) is 2. The number of hydrogen-bond acceptors (Lipinski definition) is 4. The fraction of sp³-hybridized carbons (Fsp3) is 0.350. The van der Waals surface area contributed by atoms with E-state index >= 15 is 0 Å². The Kier molecular flexibility index (Phi) is 10.6. The van der Waals surface area contributed by atoms with E-state index in [2.05, 4.69) is 15.6 Å². The van der Waals surface area contributed by atoms with E-state index in [1.54, 1.807) is 50.6 Å². The van der Waals surface area contributed by atoms with Gasteiger partial charge in [-0.1, -0.05) is 18.2 Å². The first-order valence-corrected chi connectivity index (χ1v) is 8.74. The van der Waals surface area contributed by atoms with Crippen LogP contribution in [0.3, 0.4) is 0 Å². The van der Waals surface area contributed by atoms with Crippen LogP contribution in [0.1, 0.15) is 24.2 Å². The second-order valence-electron chi connectivity index (χ2n) is 5.79. The number of rotatable bonds is 8. The molecule has 0 radical (unpaired) electrons. The third-order valence-corrected chi connectivity index (χ3v) is 3.97. The molecule has 3 N–H and O–H groups in total. The molecular formula is C20H27FIN3O3. The lowest BCUT2D eigenvalue weighted by Crippen LogP contribution is -2.39. The van der Waals surface area contributed by atoms with Crippen LogP contribution in [-0.2, 0) is 6.54 Å². The van der Waals surface area contributed by atoms with Gasteiger partial charge in [0.2, 0.25) is 0 Å². The maximum Gasteiger partial charge on any atom is 0.191 e. The van der Waals surface area contributed by atoms with Crippen LogP contribution in [0.2, 0.25) is 0 Å². The Balaban J connectivity index is 0.00000392. The zero-order chi connectivity index (χ0) is 19.6. The number of aliphatic hydroxyl groups excluding tert-OH is 1. The Morgan fingerprint density at radius 3 is 2.54 bits per heavy atom. The van der Waals surface area contributed by atoms with Crippen molar-refractivity contribution in [1.82, 2.24) is 10.6 Å². The average Bonchev–Trinajstić information content (AvgIpc) is 2.70. The molecule has 0 amide bonds. The number of guanidine groups is 1. The molecule has 6 nitrogen and oxygen atoms in total. The van der Waals surface area contributed by atoms with Gasteiger partial charge < -0.3 is 25.2 Å². The smallest absolute Gasteiger partial charge is 0.191 e. The zero-order valence-corrected chi connectivity index (χ0v) is 18.6. The minimum atomic E-state index is -0.840. The molecule has 0 bridgehead atoms. The van der Waals surface area contributed by atoms with Gasteiger partial charge in [-0.05, 0) is 31.2 Å². The summed E-state index contributed by atoms with van der Waals surface area (Å²) in [6, 6.07) is 11.8. The van der Waals surface area contributed by atoms with Gasteiger partial charge in [-0.25, -0.2) is 9.38 Å². The van der Waals surface area contributed by atoms with Crippen molar-refractivity contribution in [3.05, 3.63) is 59.4 Å². The summed E-state index contributed by atoms with van der Waals surface area (Å²) < 4.78 is 24.3. The van der Waals surface area contributed by atoms with Crippen LogP contribution in [0.25, 0.3) is 0 Å². The van der Waals surface area contributed by atoms with Crippen LogP contribution in [0.4, 0.5) is 4.39 Å². The van der Waals surface area contributed by atoms with E-state index in [1.165, 1.54) is 6.07 Å². The summed E-state index contributed by atoms with van der Waals surface area (Å²) >= 11 is 0. The molecule has 0 aliphatic carbocycles. The summed E-state index contributed by atoms with van der Waals surface area (Å²) in [7, 11) is 3.11.